The Labute approximate surface area is 131 Å². The molecule has 0 fully saturated rings. The first-order chi connectivity index (χ1) is 10.5. The highest BCUT2D eigenvalue weighted by Gasteiger charge is 2.22. The van der Waals surface area contributed by atoms with Crippen LogP contribution in [0.25, 0.3) is 10.9 Å². The fourth-order valence-electron chi connectivity index (χ4n) is 2.23. The Morgan fingerprint density at radius 3 is 2.55 bits per heavy atom. The highest BCUT2D eigenvalue weighted by Crippen LogP contribution is 2.32. The summed E-state index contributed by atoms with van der Waals surface area (Å²) in [5.74, 6) is -1.28. The van der Waals surface area contributed by atoms with Crippen LogP contribution in [0.4, 0.5) is 14.5 Å². The summed E-state index contributed by atoms with van der Waals surface area (Å²) < 4.78 is 28.7. The second kappa shape index (κ2) is 5.45. The van der Waals surface area contributed by atoms with E-state index >= 15 is 0 Å². The monoisotopic (exact) mass is 367 g/mol. The topological polar surface area (TPSA) is 61.0 Å². The van der Waals surface area contributed by atoms with Gasteiger partial charge in [0, 0.05) is 10.5 Å². The van der Waals surface area contributed by atoms with Gasteiger partial charge in [-0.1, -0.05) is 28.1 Å². The van der Waals surface area contributed by atoms with Crippen molar-refractivity contribution in [3.05, 3.63) is 68.3 Å². The van der Waals surface area contributed by atoms with E-state index in [1.54, 1.807) is 18.2 Å². The maximum Gasteiger partial charge on any atom is 0.284 e. The minimum Gasteiger partial charge on any atom is -0.258 e. The van der Waals surface area contributed by atoms with Crippen LogP contribution in [-0.2, 0) is 6.54 Å². The lowest BCUT2D eigenvalue weighted by Gasteiger charge is -2.04. The van der Waals surface area contributed by atoms with Crippen molar-refractivity contribution in [2.75, 3.05) is 0 Å². The smallest absolute Gasteiger partial charge is 0.258 e. The van der Waals surface area contributed by atoms with E-state index in [4.69, 9.17) is 0 Å². The first kappa shape index (κ1) is 14.6. The Kier molecular flexibility index (Phi) is 3.61. The Hall–Kier alpha value is -2.35. The number of rotatable bonds is 3. The van der Waals surface area contributed by atoms with Gasteiger partial charge in [0.25, 0.3) is 5.69 Å². The Morgan fingerprint density at radius 1 is 1.23 bits per heavy atom. The van der Waals surface area contributed by atoms with Gasteiger partial charge in [-0.15, -0.1) is 5.10 Å². The van der Waals surface area contributed by atoms with Gasteiger partial charge in [0.15, 0.2) is 0 Å². The molecule has 1 heterocycles. The number of non-ortho nitro benzene ring substituents is 1. The van der Waals surface area contributed by atoms with Crippen molar-refractivity contribution < 1.29 is 13.7 Å². The number of nitro groups is 1. The number of aromatic nitrogens is 2. The number of nitro benzene ring substituents is 1. The van der Waals surface area contributed by atoms with Crippen molar-refractivity contribution in [2.24, 2.45) is 0 Å². The van der Waals surface area contributed by atoms with Crippen molar-refractivity contribution in [3.63, 3.8) is 0 Å². The minimum atomic E-state index is -0.906. The molecule has 8 heteroatoms. The molecule has 0 saturated heterocycles. The van der Waals surface area contributed by atoms with Gasteiger partial charge in [-0.2, -0.15) is 4.39 Å². The average molecular weight is 368 g/mol. The summed E-state index contributed by atoms with van der Waals surface area (Å²) in [6.45, 7) is 0.175. The molecular weight excluding hydrogens is 360 g/mol. The summed E-state index contributed by atoms with van der Waals surface area (Å²) in [6, 6.07) is 8.46. The van der Waals surface area contributed by atoms with Gasteiger partial charge in [0.05, 0.1) is 17.0 Å². The summed E-state index contributed by atoms with van der Waals surface area (Å²) in [7, 11) is 0. The van der Waals surface area contributed by atoms with Crippen LogP contribution in [0.15, 0.2) is 40.9 Å². The molecule has 0 bridgehead atoms. The van der Waals surface area contributed by atoms with E-state index in [0.717, 1.165) is 0 Å². The third kappa shape index (κ3) is 2.57. The van der Waals surface area contributed by atoms with Crippen molar-refractivity contribution in [3.8, 4) is 0 Å². The fourth-order valence-corrected chi connectivity index (χ4v) is 2.66. The molecule has 3 aromatic rings. The van der Waals surface area contributed by atoms with Crippen LogP contribution >= 0.6 is 15.9 Å². The number of halogens is 3. The zero-order chi connectivity index (χ0) is 15.9. The van der Waals surface area contributed by atoms with Gasteiger partial charge < -0.3 is 0 Å². The Bertz CT molecular complexity index is 878. The molecule has 0 spiro atoms. The summed E-state index contributed by atoms with van der Waals surface area (Å²) in [4.78, 5) is 10.4. The first-order valence-electron chi connectivity index (χ1n) is 6.20. The van der Waals surface area contributed by atoms with Gasteiger partial charge in [-0.05, 0) is 23.8 Å². The van der Waals surface area contributed by atoms with Crippen LogP contribution < -0.4 is 0 Å². The van der Waals surface area contributed by atoms with Crippen LogP contribution in [0.1, 0.15) is 5.56 Å². The lowest BCUT2D eigenvalue weighted by atomic mass is 10.2. The Morgan fingerprint density at radius 2 is 1.91 bits per heavy atom. The van der Waals surface area contributed by atoms with E-state index in [-0.39, 0.29) is 23.4 Å². The average Bonchev–Trinajstić information content (AvgIpc) is 2.77. The van der Waals surface area contributed by atoms with Gasteiger partial charge in [0.1, 0.15) is 11.2 Å². The molecule has 0 aliphatic heterocycles. The highest BCUT2D eigenvalue weighted by molar-refractivity contribution is 9.10. The number of nitrogens with zero attached hydrogens (tertiary/aromatic N) is 3. The summed E-state index contributed by atoms with van der Waals surface area (Å²) >= 11 is 3.17. The molecule has 2 aromatic carbocycles. The summed E-state index contributed by atoms with van der Waals surface area (Å²) in [5, 5.41) is 14.6. The minimum absolute atomic E-state index is 0.143. The van der Waals surface area contributed by atoms with Crippen molar-refractivity contribution in [1.82, 2.24) is 9.78 Å². The van der Waals surface area contributed by atoms with Crippen LogP contribution in [0, 0.1) is 21.9 Å². The normalized spacial score (nSPS) is 11.0. The second-order valence-corrected chi connectivity index (χ2v) is 5.57. The van der Waals surface area contributed by atoms with Gasteiger partial charge in [-0.25, -0.2) is 4.39 Å². The molecule has 0 aliphatic rings. The van der Waals surface area contributed by atoms with Gasteiger partial charge >= 0.3 is 0 Å². The highest BCUT2D eigenvalue weighted by atomic mass is 79.9. The third-order valence-electron chi connectivity index (χ3n) is 3.20. The maximum atomic E-state index is 14.0. The molecule has 0 radical (unpaired) electrons. The maximum absolute atomic E-state index is 14.0. The molecule has 0 N–H and O–H groups in total. The van der Waals surface area contributed by atoms with Crippen molar-refractivity contribution in [1.29, 1.82) is 0 Å². The first-order valence-corrected chi connectivity index (χ1v) is 6.99. The molecule has 0 atom stereocenters. The molecule has 1 aromatic heterocycles. The predicted octanol–water partition coefficient (Wildman–Crippen LogP) is 4.03. The van der Waals surface area contributed by atoms with Gasteiger partial charge in [0.2, 0.25) is 5.95 Å². The summed E-state index contributed by atoms with van der Waals surface area (Å²) in [6.07, 6.45) is 0. The Balaban J connectivity index is 2.15. The molecule has 5 nitrogen and oxygen atoms in total. The van der Waals surface area contributed by atoms with E-state index < -0.39 is 10.9 Å². The zero-order valence-corrected chi connectivity index (χ0v) is 12.5. The molecular formula is C14H8BrF2N3O2. The molecule has 0 aliphatic carbocycles. The lowest BCUT2D eigenvalue weighted by Crippen LogP contribution is -2.02. The molecule has 0 unspecified atom stereocenters. The number of benzene rings is 2. The van der Waals surface area contributed by atoms with Crippen LogP contribution in [0.2, 0.25) is 0 Å². The number of hydrogen-bond acceptors (Lipinski definition) is 3. The molecule has 0 amide bonds. The standard InChI is InChI=1S/C14H8BrF2N3O2/c15-9-5-11-13(12(6-9)20(21)22)14(17)18-19(11)7-8-1-3-10(16)4-2-8/h1-6H,7H2. The van der Waals surface area contributed by atoms with Crippen LogP contribution in [-0.4, -0.2) is 14.7 Å². The molecule has 3 rings (SSSR count). The van der Waals surface area contributed by atoms with E-state index in [0.29, 0.717) is 15.6 Å². The lowest BCUT2D eigenvalue weighted by molar-refractivity contribution is -0.383. The molecule has 112 valence electrons. The van der Waals surface area contributed by atoms with Crippen LogP contribution in [0.3, 0.4) is 0 Å². The fraction of sp³-hybridized carbons (Fsp3) is 0.0714. The quantitative estimate of drug-likeness (QED) is 0.518. The van der Waals surface area contributed by atoms with Crippen molar-refractivity contribution >= 4 is 32.5 Å². The zero-order valence-electron chi connectivity index (χ0n) is 11.0. The number of fused-ring (bicyclic) bond motifs is 1. The predicted molar refractivity (Wildman–Crippen MR) is 79.5 cm³/mol. The largest absolute Gasteiger partial charge is 0.284 e. The van der Waals surface area contributed by atoms with Gasteiger partial charge in [-0.3, -0.25) is 14.8 Å². The van der Waals surface area contributed by atoms with E-state index in [1.165, 1.54) is 22.9 Å². The molecule has 0 saturated carbocycles. The summed E-state index contributed by atoms with van der Waals surface area (Å²) in [5.41, 5.74) is 0.642. The van der Waals surface area contributed by atoms with E-state index in [9.17, 15) is 18.9 Å². The van der Waals surface area contributed by atoms with E-state index in [1.807, 2.05) is 0 Å². The number of hydrogen-bond donors (Lipinski definition) is 0. The SMILES string of the molecule is O=[N+]([O-])c1cc(Br)cc2c1c(F)nn2Cc1ccc(F)cc1. The van der Waals surface area contributed by atoms with Crippen LogP contribution in [0.5, 0.6) is 0 Å². The van der Waals surface area contributed by atoms with Crippen molar-refractivity contribution in [2.45, 2.75) is 6.54 Å². The third-order valence-corrected chi connectivity index (χ3v) is 3.65. The van der Waals surface area contributed by atoms with E-state index in [2.05, 4.69) is 21.0 Å². The molecule has 22 heavy (non-hydrogen) atoms. The second-order valence-electron chi connectivity index (χ2n) is 4.65.